The van der Waals surface area contributed by atoms with E-state index in [1.807, 2.05) is 42.5 Å². The zero-order valence-corrected chi connectivity index (χ0v) is 16.6. The van der Waals surface area contributed by atoms with Crippen molar-refractivity contribution in [2.24, 2.45) is 0 Å². The Balaban J connectivity index is 1.73. The summed E-state index contributed by atoms with van der Waals surface area (Å²) in [5.74, 6) is 0.832. The van der Waals surface area contributed by atoms with Crippen molar-refractivity contribution in [2.75, 3.05) is 0 Å². The van der Waals surface area contributed by atoms with Crippen LogP contribution in [0.15, 0.2) is 83.8 Å². The molecule has 3 aromatic carbocycles. The summed E-state index contributed by atoms with van der Waals surface area (Å²) in [6.45, 7) is 4.17. The summed E-state index contributed by atoms with van der Waals surface area (Å²) in [7, 11) is 0. The third-order valence-corrected chi connectivity index (χ3v) is 5.71. The van der Waals surface area contributed by atoms with Crippen molar-refractivity contribution in [3.8, 4) is 0 Å². The van der Waals surface area contributed by atoms with Crippen LogP contribution in [0.1, 0.15) is 46.4 Å². The molecule has 3 rings (SSSR count). The summed E-state index contributed by atoms with van der Waals surface area (Å²) < 4.78 is 0. The maximum atomic E-state index is 13.0. The summed E-state index contributed by atoms with van der Waals surface area (Å²) in [6.07, 6.45) is 0.855. The van der Waals surface area contributed by atoms with E-state index >= 15 is 0 Å². The highest BCUT2D eigenvalue weighted by molar-refractivity contribution is 7.98. The molecule has 138 valence electrons. The summed E-state index contributed by atoms with van der Waals surface area (Å²) in [4.78, 5) is 14.0. The fourth-order valence-electron chi connectivity index (χ4n) is 2.97. The van der Waals surface area contributed by atoms with E-state index in [1.54, 1.807) is 11.8 Å². The Labute approximate surface area is 166 Å². The molecular formula is C24H25NOS. The van der Waals surface area contributed by atoms with Gasteiger partial charge in [0.2, 0.25) is 0 Å². The van der Waals surface area contributed by atoms with Crippen LogP contribution in [-0.2, 0) is 5.75 Å². The van der Waals surface area contributed by atoms with Gasteiger partial charge in [0, 0.05) is 10.6 Å². The van der Waals surface area contributed by atoms with Gasteiger partial charge < -0.3 is 5.32 Å². The molecule has 2 nitrogen and oxygen atoms in total. The molecule has 0 bridgehead atoms. The third-order valence-electron chi connectivity index (χ3n) is 4.56. The summed E-state index contributed by atoms with van der Waals surface area (Å²) in [5, 5.41) is 3.21. The Morgan fingerprint density at radius 2 is 1.59 bits per heavy atom. The minimum absolute atomic E-state index is 0.0152. The minimum Gasteiger partial charge on any atom is -0.345 e. The highest BCUT2D eigenvalue weighted by Crippen LogP contribution is 2.27. The first-order valence-electron chi connectivity index (χ1n) is 9.30. The van der Waals surface area contributed by atoms with Crippen LogP contribution in [0.5, 0.6) is 0 Å². The van der Waals surface area contributed by atoms with Crippen LogP contribution in [0.4, 0.5) is 0 Å². The van der Waals surface area contributed by atoms with Crippen LogP contribution in [-0.4, -0.2) is 5.91 Å². The molecule has 3 aromatic rings. The van der Waals surface area contributed by atoms with E-state index in [0.29, 0.717) is 0 Å². The van der Waals surface area contributed by atoms with Gasteiger partial charge in [0.25, 0.3) is 5.91 Å². The van der Waals surface area contributed by atoms with Gasteiger partial charge in [0.05, 0.1) is 11.6 Å². The molecule has 0 saturated carbocycles. The number of nitrogens with one attached hydrogen (secondary N) is 1. The maximum Gasteiger partial charge on any atom is 0.252 e. The molecule has 1 unspecified atom stereocenters. The molecule has 0 radical (unpaired) electrons. The molecule has 0 saturated heterocycles. The van der Waals surface area contributed by atoms with Crippen LogP contribution < -0.4 is 5.32 Å². The van der Waals surface area contributed by atoms with Gasteiger partial charge >= 0.3 is 0 Å². The monoisotopic (exact) mass is 375 g/mol. The smallest absolute Gasteiger partial charge is 0.252 e. The Morgan fingerprint density at radius 1 is 0.926 bits per heavy atom. The first-order valence-corrected chi connectivity index (χ1v) is 10.3. The van der Waals surface area contributed by atoms with Crippen molar-refractivity contribution in [3.05, 3.63) is 101 Å². The number of carbonyl (C=O) groups excluding carboxylic acids is 1. The largest absolute Gasteiger partial charge is 0.345 e. The van der Waals surface area contributed by atoms with Gasteiger partial charge in [0.1, 0.15) is 0 Å². The average molecular weight is 376 g/mol. The first kappa shape index (κ1) is 19.2. The molecule has 0 aliphatic rings. The predicted octanol–water partition coefficient (Wildman–Crippen LogP) is 6.17. The Hall–Kier alpha value is -2.52. The highest BCUT2D eigenvalue weighted by Gasteiger charge is 2.16. The van der Waals surface area contributed by atoms with Crippen LogP contribution in [0.25, 0.3) is 0 Å². The van der Waals surface area contributed by atoms with Crippen molar-refractivity contribution >= 4 is 17.7 Å². The Morgan fingerprint density at radius 3 is 2.30 bits per heavy atom. The standard InChI is InChI=1S/C24H25NOS/c1-3-22(20-15-13-18(2)14-16-20)25-24(26)21-11-7-8-12-23(21)27-17-19-9-5-4-6-10-19/h4-16,22H,3,17H2,1-2H3,(H,25,26). The van der Waals surface area contributed by atoms with Gasteiger partial charge in [0.15, 0.2) is 0 Å². The number of rotatable bonds is 7. The van der Waals surface area contributed by atoms with E-state index in [1.165, 1.54) is 11.1 Å². The van der Waals surface area contributed by atoms with E-state index in [2.05, 4.69) is 55.6 Å². The SMILES string of the molecule is CCC(NC(=O)c1ccccc1SCc1ccccc1)c1ccc(C)cc1. The molecule has 0 heterocycles. The van der Waals surface area contributed by atoms with Crippen LogP contribution in [0, 0.1) is 6.92 Å². The number of hydrogen-bond acceptors (Lipinski definition) is 2. The fourth-order valence-corrected chi connectivity index (χ4v) is 3.98. The normalized spacial score (nSPS) is 11.8. The number of amides is 1. The number of thioether (sulfide) groups is 1. The lowest BCUT2D eigenvalue weighted by molar-refractivity contribution is 0.0932. The van der Waals surface area contributed by atoms with E-state index in [0.717, 1.165) is 28.2 Å². The lowest BCUT2D eigenvalue weighted by atomic mass is 10.0. The van der Waals surface area contributed by atoms with Gasteiger partial charge in [-0.2, -0.15) is 0 Å². The van der Waals surface area contributed by atoms with Gasteiger partial charge in [-0.3, -0.25) is 4.79 Å². The zero-order valence-electron chi connectivity index (χ0n) is 15.8. The minimum atomic E-state index is -0.0152. The van der Waals surface area contributed by atoms with E-state index < -0.39 is 0 Å². The van der Waals surface area contributed by atoms with E-state index in [-0.39, 0.29) is 11.9 Å². The molecule has 1 amide bonds. The van der Waals surface area contributed by atoms with Gasteiger partial charge in [-0.25, -0.2) is 0 Å². The van der Waals surface area contributed by atoms with Gasteiger partial charge in [-0.15, -0.1) is 11.8 Å². The molecule has 3 heteroatoms. The topological polar surface area (TPSA) is 29.1 Å². The molecule has 0 aliphatic heterocycles. The average Bonchev–Trinajstić information content (AvgIpc) is 2.72. The second-order valence-electron chi connectivity index (χ2n) is 6.62. The quantitative estimate of drug-likeness (QED) is 0.500. The van der Waals surface area contributed by atoms with Crippen molar-refractivity contribution < 1.29 is 4.79 Å². The van der Waals surface area contributed by atoms with Crippen molar-refractivity contribution in [2.45, 2.75) is 37.0 Å². The molecule has 0 aliphatic carbocycles. The number of aryl methyl sites for hydroxylation is 1. The second-order valence-corrected chi connectivity index (χ2v) is 7.63. The van der Waals surface area contributed by atoms with Crippen molar-refractivity contribution in [1.29, 1.82) is 0 Å². The Bertz CT molecular complexity index is 874. The summed E-state index contributed by atoms with van der Waals surface area (Å²) in [5.41, 5.74) is 4.36. The molecule has 0 spiro atoms. The lowest BCUT2D eigenvalue weighted by Gasteiger charge is -2.19. The maximum absolute atomic E-state index is 13.0. The molecule has 1 N–H and O–H groups in total. The van der Waals surface area contributed by atoms with Crippen LogP contribution in [0.2, 0.25) is 0 Å². The first-order chi connectivity index (χ1) is 13.2. The van der Waals surface area contributed by atoms with Crippen LogP contribution >= 0.6 is 11.8 Å². The summed E-state index contributed by atoms with van der Waals surface area (Å²) >= 11 is 1.70. The molecule has 0 aromatic heterocycles. The summed E-state index contributed by atoms with van der Waals surface area (Å²) in [6, 6.07) is 26.6. The third kappa shape index (κ3) is 5.24. The molecule has 0 fully saturated rings. The lowest BCUT2D eigenvalue weighted by Crippen LogP contribution is -2.28. The number of carbonyl (C=O) groups is 1. The van der Waals surface area contributed by atoms with Gasteiger partial charge in [-0.05, 0) is 36.6 Å². The fraction of sp³-hybridized carbons (Fsp3) is 0.208. The van der Waals surface area contributed by atoms with Crippen LogP contribution in [0.3, 0.4) is 0 Å². The number of hydrogen-bond donors (Lipinski definition) is 1. The molecule has 1 atom stereocenters. The predicted molar refractivity (Wildman–Crippen MR) is 114 cm³/mol. The molecule has 27 heavy (non-hydrogen) atoms. The van der Waals surface area contributed by atoms with Crippen molar-refractivity contribution in [1.82, 2.24) is 5.32 Å². The second kappa shape index (κ2) is 9.43. The van der Waals surface area contributed by atoms with Crippen molar-refractivity contribution in [3.63, 3.8) is 0 Å². The van der Waals surface area contributed by atoms with Gasteiger partial charge in [-0.1, -0.05) is 79.2 Å². The van der Waals surface area contributed by atoms with E-state index in [4.69, 9.17) is 0 Å². The van der Waals surface area contributed by atoms with E-state index in [9.17, 15) is 4.79 Å². The zero-order chi connectivity index (χ0) is 19.1. The molecular weight excluding hydrogens is 350 g/mol. The number of benzene rings is 3. The Kier molecular flexibility index (Phi) is 6.72. The highest BCUT2D eigenvalue weighted by atomic mass is 32.2.